The van der Waals surface area contributed by atoms with E-state index in [1.807, 2.05) is 0 Å². The van der Waals surface area contributed by atoms with Crippen LogP contribution in [0.2, 0.25) is 0 Å². The number of esters is 1. The van der Waals surface area contributed by atoms with Gasteiger partial charge in [0.25, 0.3) is 0 Å². The molecule has 0 bridgehead atoms. The highest BCUT2D eigenvalue weighted by Gasteiger charge is 2.25. The first kappa shape index (κ1) is 9.58. The van der Waals surface area contributed by atoms with E-state index in [1.165, 1.54) is 19.4 Å². The Bertz CT molecular complexity index is 441. The molecule has 0 amide bonds. The summed E-state index contributed by atoms with van der Waals surface area (Å²) >= 11 is 0. The van der Waals surface area contributed by atoms with Gasteiger partial charge in [-0.25, -0.2) is 4.79 Å². The first-order valence-corrected chi connectivity index (χ1v) is 4.48. The third-order valence-electron chi connectivity index (χ3n) is 2.29. The van der Waals surface area contributed by atoms with E-state index < -0.39 is 11.9 Å². The van der Waals surface area contributed by atoms with Crippen LogP contribution in [-0.4, -0.2) is 24.6 Å². The van der Waals surface area contributed by atoms with Crippen LogP contribution < -0.4 is 0 Å². The van der Waals surface area contributed by atoms with Crippen molar-refractivity contribution in [2.24, 2.45) is 10.9 Å². The van der Waals surface area contributed by atoms with Crippen LogP contribution in [0.15, 0.2) is 41.1 Å². The van der Waals surface area contributed by atoms with E-state index >= 15 is 0 Å². The summed E-state index contributed by atoms with van der Waals surface area (Å²) in [5, 5.41) is 0. The molecule has 2 aliphatic rings. The van der Waals surface area contributed by atoms with E-state index in [0.29, 0.717) is 11.3 Å². The number of ketones is 1. The molecule has 4 heteroatoms. The Labute approximate surface area is 86.6 Å². The topological polar surface area (TPSA) is 55.7 Å². The molecule has 0 aromatic heterocycles. The molecule has 1 atom stereocenters. The minimum absolute atomic E-state index is 0.0641. The van der Waals surface area contributed by atoms with Gasteiger partial charge in [0.05, 0.1) is 24.3 Å². The second-order valence-electron chi connectivity index (χ2n) is 3.20. The van der Waals surface area contributed by atoms with Gasteiger partial charge in [0.15, 0.2) is 5.78 Å². The fraction of sp³-hybridized carbons (Fsp3) is 0.182. The fourth-order valence-corrected chi connectivity index (χ4v) is 1.50. The Morgan fingerprint density at radius 2 is 2.20 bits per heavy atom. The van der Waals surface area contributed by atoms with Gasteiger partial charge in [-0.1, -0.05) is 6.08 Å². The average Bonchev–Trinajstić information content (AvgIpc) is 2.28. The maximum Gasteiger partial charge on any atom is 0.337 e. The highest BCUT2D eigenvalue weighted by Crippen LogP contribution is 2.20. The zero-order chi connectivity index (χ0) is 10.8. The minimum atomic E-state index is -0.437. The predicted molar refractivity (Wildman–Crippen MR) is 54.3 cm³/mol. The van der Waals surface area contributed by atoms with Crippen LogP contribution >= 0.6 is 0 Å². The second-order valence-corrected chi connectivity index (χ2v) is 3.20. The molecule has 2 rings (SSSR count). The summed E-state index contributed by atoms with van der Waals surface area (Å²) in [5.74, 6) is -0.937. The molecule has 0 aromatic carbocycles. The maximum atomic E-state index is 11.5. The Balaban J connectivity index is 2.33. The van der Waals surface area contributed by atoms with Gasteiger partial charge in [-0.3, -0.25) is 9.79 Å². The largest absolute Gasteiger partial charge is 0.465 e. The van der Waals surface area contributed by atoms with Crippen molar-refractivity contribution in [1.82, 2.24) is 0 Å². The zero-order valence-electron chi connectivity index (χ0n) is 8.14. The summed E-state index contributed by atoms with van der Waals surface area (Å²) in [7, 11) is 1.31. The molecule has 0 N–H and O–H groups in total. The number of fused-ring (bicyclic) bond motifs is 1. The van der Waals surface area contributed by atoms with E-state index in [2.05, 4.69) is 9.73 Å². The molecular formula is C11H9NO3. The molecule has 1 aliphatic carbocycles. The van der Waals surface area contributed by atoms with Crippen molar-refractivity contribution in [3.63, 3.8) is 0 Å². The molecule has 0 spiro atoms. The van der Waals surface area contributed by atoms with Crippen molar-refractivity contribution in [3.8, 4) is 0 Å². The molecular weight excluding hydrogens is 194 g/mol. The summed E-state index contributed by atoms with van der Waals surface area (Å²) < 4.78 is 4.58. The molecule has 0 saturated heterocycles. The zero-order valence-corrected chi connectivity index (χ0v) is 8.14. The van der Waals surface area contributed by atoms with Crippen molar-refractivity contribution in [3.05, 3.63) is 36.1 Å². The van der Waals surface area contributed by atoms with Crippen LogP contribution in [-0.2, 0) is 14.3 Å². The number of rotatable bonds is 1. The maximum absolute atomic E-state index is 11.5. The monoisotopic (exact) mass is 203 g/mol. The lowest BCUT2D eigenvalue weighted by atomic mass is 9.89. The average molecular weight is 203 g/mol. The van der Waals surface area contributed by atoms with Crippen LogP contribution in [0.25, 0.3) is 0 Å². The number of hydrogen-bond donors (Lipinski definition) is 0. The Kier molecular flexibility index (Phi) is 2.33. The summed E-state index contributed by atoms with van der Waals surface area (Å²) in [4.78, 5) is 26.8. The summed E-state index contributed by atoms with van der Waals surface area (Å²) in [5.41, 5.74) is 1.06. The van der Waals surface area contributed by atoms with E-state index in [1.54, 1.807) is 18.2 Å². The normalized spacial score (nSPS) is 23.0. The molecule has 0 saturated carbocycles. The molecule has 1 aliphatic heterocycles. The van der Waals surface area contributed by atoms with Crippen LogP contribution in [0, 0.1) is 5.92 Å². The molecule has 1 unspecified atom stereocenters. The fourth-order valence-electron chi connectivity index (χ4n) is 1.50. The van der Waals surface area contributed by atoms with Gasteiger partial charge in [0.2, 0.25) is 0 Å². The van der Waals surface area contributed by atoms with Gasteiger partial charge in [-0.05, 0) is 12.2 Å². The number of ether oxygens (including phenoxy) is 1. The lowest BCUT2D eigenvalue weighted by Crippen LogP contribution is -2.25. The second kappa shape index (κ2) is 3.65. The molecule has 1 heterocycles. The van der Waals surface area contributed by atoms with Crippen molar-refractivity contribution in [2.45, 2.75) is 0 Å². The summed E-state index contributed by atoms with van der Waals surface area (Å²) in [6, 6.07) is 0. The van der Waals surface area contributed by atoms with Crippen molar-refractivity contribution in [1.29, 1.82) is 0 Å². The number of carbonyl (C=O) groups excluding carboxylic acids is 2. The van der Waals surface area contributed by atoms with E-state index in [-0.39, 0.29) is 5.78 Å². The van der Waals surface area contributed by atoms with Gasteiger partial charge in [-0.15, -0.1) is 0 Å². The molecule has 0 radical (unpaired) electrons. The predicted octanol–water partition coefficient (Wildman–Crippen LogP) is 0.809. The third-order valence-corrected chi connectivity index (χ3v) is 2.29. The minimum Gasteiger partial charge on any atom is -0.465 e. The quantitative estimate of drug-likeness (QED) is 0.592. The number of aliphatic imine (C=N–C) groups is 1. The molecule has 76 valence electrons. The van der Waals surface area contributed by atoms with Crippen LogP contribution in [0.4, 0.5) is 0 Å². The lowest BCUT2D eigenvalue weighted by molar-refractivity contribution is -0.135. The molecule has 15 heavy (non-hydrogen) atoms. The van der Waals surface area contributed by atoms with Gasteiger partial charge in [-0.2, -0.15) is 0 Å². The molecule has 0 fully saturated rings. The van der Waals surface area contributed by atoms with E-state index in [4.69, 9.17) is 0 Å². The number of nitrogens with zero attached hydrogens (tertiary/aromatic N) is 1. The number of carbonyl (C=O) groups is 2. The smallest absolute Gasteiger partial charge is 0.337 e. The number of allylic oxidation sites excluding steroid dienone is 3. The van der Waals surface area contributed by atoms with Gasteiger partial charge in [0, 0.05) is 12.3 Å². The van der Waals surface area contributed by atoms with Gasteiger partial charge >= 0.3 is 5.97 Å². The van der Waals surface area contributed by atoms with E-state index in [0.717, 1.165) is 0 Å². The highest BCUT2D eigenvalue weighted by atomic mass is 16.5. The standard InChI is InChI=1S/C11H9NO3/c1-15-11(14)7-2-3-9-8(6-7)10(13)4-5-12-9/h2-6,8H,1H3. The van der Waals surface area contributed by atoms with Gasteiger partial charge in [0.1, 0.15) is 0 Å². The summed E-state index contributed by atoms with van der Waals surface area (Å²) in [6.07, 6.45) is 7.72. The summed E-state index contributed by atoms with van der Waals surface area (Å²) in [6.45, 7) is 0. The SMILES string of the molecule is COC(=O)C1=CC2C(=O)C=CN=C2C=C1. The first-order chi connectivity index (χ1) is 7.22. The highest BCUT2D eigenvalue weighted by molar-refractivity contribution is 6.19. The number of methoxy groups -OCH3 is 1. The lowest BCUT2D eigenvalue weighted by Gasteiger charge is -2.17. The Morgan fingerprint density at radius 3 is 2.93 bits per heavy atom. The molecule has 4 nitrogen and oxygen atoms in total. The third kappa shape index (κ3) is 1.66. The van der Waals surface area contributed by atoms with Crippen LogP contribution in [0.1, 0.15) is 0 Å². The Hall–Kier alpha value is -1.97. The van der Waals surface area contributed by atoms with Crippen molar-refractivity contribution < 1.29 is 14.3 Å². The van der Waals surface area contributed by atoms with Crippen molar-refractivity contribution in [2.75, 3.05) is 7.11 Å². The number of hydrogen-bond acceptors (Lipinski definition) is 4. The van der Waals surface area contributed by atoms with E-state index in [9.17, 15) is 9.59 Å². The molecule has 0 aromatic rings. The van der Waals surface area contributed by atoms with Crippen LogP contribution in [0.5, 0.6) is 0 Å². The Morgan fingerprint density at radius 1 is 1.40 bits per heavy atom. The van der Waals surface area contributed by atoms with Gasteiger partial charge < -0.3 is 4.74 Å². The first-order valence-electron chi connectivity index (χ1n) is 4.48. The van der Waals surface area contributed by atoms with Crippen LogP contribution in [0.3, 0.4) is 0 Å². The van der Waals surface area contributed by atoms with Crippen molar-refractivity contribution >= 4 is 17.5 Å².